The number of hydrogen-bond donors (Lipinski definition) is 0. The summed E-state index contributed by atoms with van der Waals surface area (Å²) in [5.74, 6) is 0. The maximum absolute atomic E-state index is 6.50. The molecular weight excluding hydrogens is 368 g/mol. The molecule has 0 aliphatic carbocycles. The maximum Gasteiger partial charge on any atom is 1.00 e. The van der Waals surface area contributed by atoms with E-state index >= 15 is 0 Å². The molecule has 0 atom stereocenters. The molecule has 10 heteroatoms. The zero-order valence-corrected chi connectivity index (χ0v) is 14.3. The molecule has 0 fully saturated rings. The molecule has 0 saturated carbocycles. The Kier molecular flexibility index (Phi) is 2690000. The van der Waals surface area contributed by atoms with Crippen molar-refractivity contribution >= 4 is 0 Å². The number of nitriles is 6. The van der Waals surface area contributed by atoms with Crippen molar-refractivity contribution < 1.29 is 103 Å². The zero-order valence-electron chi connectivity index (χ0n) is 9.13. The summed E-state index contributed by atoms with van der Waals surface area (Å²) in [6.07, 6.45) is 0. The predicted molar refractivity (Wildman–Crippen MR) is 41.1 cm³/mol. The van der Waals surface area contributed by atoms with Gasteiger partial charge in [0.25, 0.3) is 0 Å². The van der Waals surface area contributed by atoms with E-state index in [1.54, 1.807) is 0 Å². The Balaban J connectivity index is -0.00000000267. The second-order valence-electron chi connectivity index (χ2n) is 0. The van der Waals surface area contributed by atoms with Gasteiger partial charge >= 0.3 is 51.4 Å². The molecule has 0 heterocycles. The van der Waals surface area contributed by atoms with Gasteiger partial charge in [0.2, 0.25) is 0 Å². The van der Waals surface area contributed by atoms with Crippen molar-refractivity contribution in [2.24, 2.45) is 0 Å². The first-order chi connectivity index (χ1) is 6.00. The van der Waals surface area contributed by atoms with Gasteiger partial charge in [0.15, 0.2) is 0 Å². The predicted octanol–water partition coefficient (Wildman–Crippen LogP) is -2.05. The molecule has 0 aromatic heterocycles. The van der Waals surface area contributed by atoms with Gasteiger partial charge < -0.3 is 1.43 Å². The third-order valence-corrected chi connectivity index (χ3v) is 0. The smallest absolute Gasteiger partial charge is 1.00 e. The average Bonchev–Trinajstić information content (AvgIpc) is 2.33. The summed E-state index contributed by atoms with van der Waals surface area (Å²) in [5, 5.41) is 39.0. The largest absolute Gasteiger partial charge is 1.00 e. The van der Waals surface area contributed by atoms with Gasteiger partial charge in [-0.3, -0.25) is 0 Å². The zero-order chi connectivity index (χ0) is 12.0. The van der Waals surface area contributed by atoms with E-state index in [1.807, 2.05) is 0 Å². The van der Waals surface area contributed by atoms with Crippen LogP contribution in [0, 0.1) is 71.0 Å². The first-order valence-corrected chi connectivity index (χ1v) is 1.55. The standard InChI is InChI=1S/6CHN.Fe.K.2Ni.H/c6*1-2;;;;;/h6*1H;;;;;/q;;;;;;;+1;;;-1. The molecule has 0 saturated heterocycles. The third kappa shape index (κ3) is 351000. The van der Waals surface area contributed by atoms with Crippen molar-refractivity contribution in [3.8, 4) is 39.4 Å². The van der Waals surface area contributed by atoms with Crippen LogP contribution in [0.15, 0.2) is 0 Å². The van der Waals surface area contributed by atoms with Gasteiger partial charge in [0.05, 0.1) is 0 Å². The van der Waals surface area contributed by atoms with Gasteiger partial charge in [-0.05, 0) is 0 Å². The minimum absolute atomic E-state index is 0. The fraction of sp³-hybridized carbons (Fsp3) is 0. The van der Waals surface area contributed by atoms with Crippen LogP contribution in [-0.2, 0) is 50.1 Å². The molecule has 0 amide bonds. The molecule has 90 valence electrons. The van der Waals surface area contributed by atoms with E-state index in [0.717, 1.165) is 0 Å². The summed E-state index contributed by atoms with van der Waals surface area (Å²) < 4.78 is 0. The van der Waals surface area contributed by atoms with Crippen molar-refractivity contribution in [2.45, 2.75) is 0 Å². The van der Waals surface area contributed by atoms with Crippen LogP contribution in [0.3, 0.4) is 0 Å². The van der Waals surface area contributed by atoms with E-state index in [4.69, 9.17) is 31.6 Å². The van der Waals surface area contributed by atoms with Crippen LogP contribution in [0.1, 0.15) is 1.43 Å². The molecule has 0 aromatic carbocycles. The Morgan fingerprint density at radius 2 is 0.438 bits per heavy atom. The Labute approximate surface area is 171 Å². The van der Waals surface area contributed by atoms with Crippen LogP contribution in [0.5, 0.6) is 0 Å². The van der Waals surface area contributed by atoms with Crippen LogP contribution in [0.25, 0.3) is 0 Å². The monoisotopic (exact) mass is 374 g/mol. The van der Waals surface area contributed by atoms with Gasteiger partial charge in [-0.15, -0.1) is 0 Å². The van der Waals surface area contributed by atoms with Crippen molar-refractivity contribution in [3.63, 3.8) is 0 Å². The van der Waals surface area contributed by atoms with Gasteiger partial charge in [-0.2, -0.15) is 0 Å². The van der Waals surface area contributed by atoms with E-state index < -0.39 is 0 Å². The summed E-state index contributed by atoms with van der Waals surface area (Å²) in [7, 11) is 0. The molecule has 0 spiro atoms. The number of hydrogen-bond acceptors (Lipinski definition) is 6. The van der Waals surface area contributed by atoms with Crippen LogP contribution in [-0.4, -0.2) is 0 Å². The topological polar surface area (TPSA) is 143 Å². The first kappa shape index (κ1) is 98.9. The normalized spacial score (nSPS) is 0.750. The van der Waals surface area contributed by atoms with Crippen LogP contribution < -0.4 is 51.4 Å². The molecule has 0 unspecified atom stereocenters. The fourth-order valence-electron chi connectivity index (χ4n) is 0. The third-order valence-electron chi connectivity index (χ3n) is 0. The number of rotatable bonds is 0. The molecule has 16 heavy (non-hydrogen) atoms. The van der Waals surface area contributed by atoms with Gasteiger partial charge in [0.1, 0.15) is 0 Å². The van der Waals surface area contributed by atoms with Gasteiger partial charge in [0, 0.05) is 89.5 Å². The van der Waals surface area contributed by atoms with Crippen LogP contribution in [0.2, 0.25) is 0 Å². The second kappa shape index (κ2) is 436000. The van der Waals surface area contributed by atoms with Crippen LogP contribution >= 0.6 is 0 Å². The summed E-state index contributed by atoms with van der Waals surface area (Å²) in [6, 6.07) is 0. The van der Waals surface area contributed by atoms with Gasteiger partial charge in [-0.25, -0.2) is 31.6 Å². The minimum atomic E-state index is 0. The molecule has 0 N–H and O–H groups in total. The van der Waals surface area contributed by atoms with Crippen molar-refractivity contribution in [3.05, 3.63) is 0 Å². The minimum Gasteiger partial charge on any atom is -1.00 e. The first-order valence-electron chi connectivity index (χ1n) is 1.55. The summed E-state index contributed by atoms with van der Waals surface area (Å²) in [5.41, 5.74) is 0. The van der Waals surface area contributed by atoms with Crippen LogP contribution in [0.4, 0.5) is 0 Å². The summed E-state index contributed by atoms with van der Waals surface area (Å²) >= 11 is 0. The molecule has 0 aliphatic heterocycles. The van der Waals surface area contributed by atoms with Crippen molar-refractivity contribution in [1.82, 2.24) is 0 Å². The quantitative estimate of drug-likeness (QED) is 0.446. The van der Waals surface area contributed by atoms with E-state index in [1.165, 1.54) is 0 Å². The Morgan fingerprint density at radius 1 is 0.438 bits per heavy atom. The number of nitrogens with zero attached hydrogens (tertiary/aromatic N) is 6. The molecule has 6 nitrogen and oxygen atoms in total. The molecular formula is C6H7FeKN6Ni2. The average molecular weight is 375 g/mol. The molecule has 0 bridgehead atoms. The van der Waals surface area contributed by atoms with E-state index in [2.05, 4.69) is 39.4 Å². The maximum atomic E-state index is 6.50. The Bertz CT molecular complexity index is 112. The van der Waals surface area contributed by atoms with Crippen molar-refractivity contribution in [1.29, 1.82) is 31.6 Å². The fourth-order valence-corrected chi connectivity index (χ4v) is 0. The summed E-state index contributed by atoms with van der Waals surface area (Å²) in [4.78, 5) is 0. The van der Waals surface area contributed by atoms with E-state index in [9.17, 15) is 0 Å². The van der Waals surface area contributed by atoms with E-state index in [0.29, 0.717) is 0 Å². The van der Waals surface area contributed by atoms with Gasteiger partial charge in [-0.1, -0.05) is 0 Å². The Hall–Kier alpha value is 0.0829. The summed E-state index contributed by atoms with van der Waals surface area (Å²) in [6.45, 7) is 21.0. The SMILES string of the molecule is C#N.C#N.C#N.C#N.C#N.C#N.[Fe].[H-].[K+].[Ni].[Ni]. The Morgan fingerprint density at radius 3 is 0.438 bits per heavy atom. The second-order valence-corrected chi connectivity index (χ2v) is 0. The van der Waals surface area contributed by atoms with Crippen molar-refractivity contribution in [2.75, 3.05) is 0 Å². The van der Waals surface area contributed by atoms with E-state index in [-0.39, 0.29) is 103 Å². The molecule has 0 aromatic rings. The molecule has 0 radical (unpaired) electrons. The molecule has 0 aliphatic rings. The molecule has 0 rings (SSSR count).